The third-order valence-corrected chi connectivity index (χ3v) is 5.50. The summed E-state index contributed by atoms with van der Waals surface area (Å²) in [6.07, 6.45) is 7.54. The van der Waals surface area contributed by atoms with Gasteiger partial charge in [0.2, 0.25) is 0 Å². The van der Waals surface area contributed by atoms with Crippen LogP contribution in [0.2, 0.25) is 0 Å². The van der Waals surface area contributed by atoms with Gasteiger partial charge in [-0.3, -0.25) is 0 Å². The van der Waals surface area contributed by atoms with Crippen molar-refractivity contribution in [3.63, 3.8) is 0 Å². The number of unbranched alkanes of at least 4 members (excludes halogenated alkanes) is 5. The molecule has 3 heteroatoms. The van der Waals surface area contributed by atoms with Crippen LogP contribution in [0, 0.1) is 0 Å². The lowest BCUT2D eigenvalue weighted by atomic mass is 10.1. The van der Waals surface area contributed by atoms with Crippen LogP contribution in [0.4, 0.5) is 0 Å². The molecule has 0 aliphatic heterocycles. The Kier molecular flexibility index (Phi) is 9.05. The van der Waals surface area contributed by atoms with Gasteiger partial charge in [-0.15, -0.1) is 11.8 Å². The molecule has 0 aromatic heterocycles. The first-order valence-electron chi connectivity index (χ1n) is 9.36. The van der Waals surface area contributed by atoms with Crippen molar-refractivity contribution < 1.29 is 9.90 Å². The second-order valence-corrected chi connectivity index (χ2v) is 7.69. The fourth-order valence-corrected chi connectivity index (χ4v) is 3.73. The van der Waals surface area contributed by atoms with E-state index in [2.05, 4.69) is 55.1 Å². The number of thioether (sulfide) groups is 1. The molecule has 0 aliphatic carbocycles. The number of carboxylic acids is 1. The van der Waals surface area contributed by atoms with Crippen molar-refractivity contribution in [3.05, 3.63) is 66.7 Å². The van der Waals surface area contributed by atoms with Gasteiger partial charge in [-0.1, -0.05) is 74.7 Å². The van der Waals surface area contributed by atoms with Gasteiger partial charge in [0.25, 0.3) is 0 Å². The summed E-state index contributed by atoms with van der Waals surface area (Å²) in [6, 6.07) is 19.3. The summed E-state index contributed by atoms with van der Waals surface area (Å²) in [4.78, 5) is 12.0. The van der Waals surface area contributed by atoms with Gasteiger partial charge in [0.15, 0.2) is 0 Å². The Balaban J connectivity index is 1.54. The molecule has 0 bridgehead atoms. The van der Waals surface area contributed by atoms with Gasteiger partial charge in [0, 0.05) is 10.5 Å². The molecule has 2 aromatic carbocycles. The molecule has 0 atom stereocenters. The van der Waals surface area contributed by atoms with Crippen molar-refractivity contribution in [2.45, 2.75) is 49.8 Å². The fourth-order valence-electron chi connectivity index (χ4n) is 2.82. The predicted octanol–water partition coefficient (Wildman–Crippen LogP) is 6.82. The molecule has 138 valence electrons. The Morgan fingerprint density at radius 1 is 0.808 bits per heavy atom. The van der Waals surface area contributed by atoms with Crippen LogP contribution < -0.4 is 0 Å². The molecule has 0 spiro atoms. The van der Waals surface area contributed by atoms with Crippen molar-refractivity contribution in [2.75, 3.05) is 5.75 Å². The molecule has 2 rings (SSSR count). The standard InChI is InChI=1S/C23H28O2S/c1-19(23(24)25)11-7-4-2-3-5-10-18-26-22-16-14-21(15-17-22)20-12-8-6-9-13-20/h6,8-9,12-17H,1-5,7,10-11,18H2,(H,24,25). The fraction of sp³-hybridized carbons (Fsp3) is 0.348. The number of hydrogen-bond donors (Lipinski definition) is 1. The zero-order valence-corrected chi connectivity index (χ0v) is 16.1. The zero-order chi connectivity index (χ0) is 18.6. The second kappa shape index (κ2) is 11.6. The maximum Gasteiger partial charge on any atom is 0.330 e. The highest BCUT2D eigenvalue weighted by Crippen LogP contribution is 2.25. The van der Waals surface area contributed by atoms with Gasteiger partial charge >= 0.3 is 5.97 Å². The maximum absolute atomic E-state index is 10.6. The van der Waals surface area contributed by atoms with E-state index in [1.54, 1.807) is 0 Å². The molecule has 0 amide bonds. The van der Waals surface area contributed by atoms with Gasteiger partial charge < -0.3 is 5.11 Å². The van der Waals surface area contributed by atoms with E-state index in [9.17, 15) is 4.79 Å². The first-order chi connectivity index (χ1) is 12.7. The van der Waals surface area contributed by atoms with E-state index in [1.807, 2.05) is 17.8 Å². The summed E-state index contributed by atoms with van der Waals surface area (Å²) in [5, 5.41) is 8.75. The van der Waals surface area contributed by atoms with Crippen LogP contribution in [0.25, 0.3) is 11.1 Å². The van der Waals surface area contributed by atoms with Gasteiger partial charge in [0.1, 0.15) is 0 Å². The van der Waals surface area contributed by atoms with Crippen LogP contribution in [0.5, 0.6) is 0 Å². The molecule has 0 saturated carbocycles. The average molecular weight is 369 g/mol. The van der Waals surface area contributed by atoms with Crippen molar-refractivity contribution >= 4 is 17.7 Å². The van der Waals surface area contributed by atoms with Gasteiger partial charge in [-0.25, -0.2) is 4.79 Å². The lowest BCUT2D eigenvalue weighted by Gasteiger charge is -2.05. The Labute approximate surface area is 161 Å². The monoisotopic (exact) mass is 368 g/mol. The molecule has 2 aromatic rings. The SMILES string of the molecule is C=C(CCCCCCCCSc1ccc(-c2ccccc2)cc1)C(=O)O. The van der Waals surface area contributed by atoms with Gasteiger partial charge in [-0.05, 0) is 48.3 Å². The maximum atomic E-state index is 10.6. The Bertz CT molecular complexity index is 677. The summed E-state index contributed by atoms with van der Waals surface area (Å²) in [6.45, 7) is 3.56. The number of carboxylic acid groups (broad SMARTS) is 1. The van der Waals surface area contributed by atoms with Crippen LogP contribution in [-0.4, -0.2) is 16.8 Å². The highest BCUT2D eigenvalue weighted by atomic mass is 32.2. The van der Waals surface area contributed by atoms with E-state index in [4.69, 9.17) is 5.11 Å². The van der Waals surface area contributed by atoms with E-state index >= 15 is 0 Å². The third kappa shape index (κ3) is 7.49. The molecule has 0 fully saturated rings. The van der Waals surface area contributed by atoms with Crippen molar-refractivity contribution in [1.82, 2.24) is 0 Å². The molecule has 2 nitrogen and oxygen atoms in total. The van der Waals surface area contributed by atoms with Crippen molar-refractivity contribution in [2.24, 2.45) is 0 Å². The average Bonchev–Trinajstić information content (AvgIpc) is 2.67. The minimum atomic E-state index is -0.862. The predicted molar refractivity (Wildman–Crippen MR) is 112 cm³/mol. The normalized spacial score (nSPS) is 10.6. The van der Waals surface area contributed by atoms with Crippen molar-refractivity contribution in [1.29, 1.82) is 0 Å². The minimum absolute atomic E-state index is 0.333. The third-order valence-electron chi connectivity index (χ3n) is 4.41. The first-order valence-corrected chi connectivity index (χ1v) is 10.3. The van der Waals surface area contributed by atoms with Crippen LogP contribution in [-0.2, 0) is 4.79 Å². The molecule has 0 saturated heterocycles. The summed E-state index contributed by atoms with van der Waals surface area (Å²) in [7, 11) is 0. The molecular weight excluding hydrogens is 340 g/mol. The van der Waals surface area contributed by atoms with E-state index in [0.717, 1.165) is 18.6 Å². The van der Waals surface area contributed by atoms with Gasteiger partial charge in [0.05, 0.1) is 0 Å². The number of aliphatic carboxylic acids is 1. The molecule has 1 N–H and O–H groups in total. The molecule has 26 heavy (non-hydrogen) atoms. The zero-order valence-electron chi connectivity index (χ0n) is 15.3. The highest BCUT2D eigenvalue weighted by Gasteiger charge is 2.02. The number of hydrogen-bond acceptors (Lipinski definition) is 2. The summed E-state index contributed by atoms with van der Waals surface area (Å²) < 4.78 is 0. The van der Waals surface area contributed by atoms with E-state index in [0.29, 0.717) is 12.0 Å². The Hall–Kier alpha value is -2.00. The largest absolute Gasteiger partial charge is 0.478 e. The molecular formula is C23H28O2S. The van der Waals surface area contributed by atoms with Crippen LogP contribution >= 0.6 is 11.8 Å². The number of benzene rings is 2. The van der Waals surface area contributed by atoms with E-state index < -0.39 is 5.97 Å². The quantitative estimate of drug-likeness (QED) is 0.254. The highest BCUT2D eigenvalue weighted by molar-refractivity contribution is 7.99. The summed E-state index contributed by atoms with van der Waals surface area (Å²) in [5.74, 6) is 0.291. The second-order valence-electron chi connectivity index (χ2n) is 6.52. The number of carbonyl (C=O) groups is 1. The molecule has 0 aliphatic rings. The molecule has 0 heterocycles. The molecule has 0 radical (unpaired) electrons. The number of rotatable bonds is 12. The topological polar surface area (TPSA) is 37.3 Å². The first kappa shape index (κ1) is 20.3. The summed E-state index contributed by atoms with van der Waals surface area (Å²) in [5.41, 5.74) is 2.86. The Morgan fingerprint density at radius 2 is 1.38 bits per heavy atom. The van der Waals surface area contributed by atoms with Gasteiger partial charge in [-0.2, -0.15) is 0 Å². The Morgan fingerprint density at radius 3 is 2.04 bits per heavy atom. The molecule has 0 unspecified atom stereocenters. The van der Waals surface area contributed by atoms with E-state index in [-0.39, 0.29) is 0 Å². The minimum Gasteiger partial charge on any atom is -0.478 e. The lowest BCUT2D eigenvalue weighted by molar-refractivity contribution is -0.132. The smallest absolute Gasteiger partial charge is 0.330 e. The summed E-state index contributed by atoms with van der Waals surface area (Å²) >= 11 is 1.92. The van der Waals surface area contributed by atoms with Crippen LogP contribution in [0.1, 0.15) is 44.9 Å². The van der Waals surface area contributed by atoms with E-state index in [1.165, 1.54) is 41.7 Å². The van der Waals surface area contributed by atoms with Crippen LogP contribution in [0.15, 0.2) is 71.6 Å². The van der Waals surface area contributed by atoms with Crippen LogP contribution in [0.3, 0.4) is 0 Å². The lowest BCUT2D eigenvalue weighted by Crippen LogP contribution is -1.98. The van der Waals surface area contributed by atoms with Crippen molar-refractivity contribution in [3.8, 4) is 11.1 Å².